The largest absolute Gasteiger partial charge is 0.422 e. The zero-order valence-corrected chi connectivity index (χ0v) is 12.3. The maximum absolute atomic E-state index is 13.4. The highest BCUT2D eigenvalue weighted by molar-refractivity contribution is 6.30. The highest BCUT2D eigenvalue weighted by atomic mass is 35.5. The minimum atomic E-state index is -2.93. The average molecular weight is 321 g/mol. The molecule has 0 spiro atoms. The third-order valence-corrected chi connectivity index (χ3v) is 3.66. The van der Waals surface area contributed by atoms with Crippen molar-refractivity contribution in [1.29, 1.82) is 0 Å². The Bertz CT molecular complexity index is 916. The number of rotatable bonds is 2. The summed E-state index contributed by atoms with van der Waals surface area (Å²) in [6, 6.07) is 11.6. The van der Waals surface area contributed by atoms with Crippen LogP contribution in [0.3, 0.4) is 0 Å². The Balaban J connectivity index is 2.48. The molecule has 0 aliphatic carbocycles. The van der Waals surface area contributed by atoms with E-state index in [-0.39, 0.29) is 11.1 Å². The molecule has 0 atom stereocenters. The van der Waals surface area contributed by atoms with E-state index < -0.39 is 17.6 Å². The predicted molar refractivity (Wildman–Crippen MR) is 82.6 cm³/mol. The lowest BCUT2D eigenvalue weighted by atomic mass is 9.96. The standard InChI is InChI=1S/C17H11ClF2O2/c1-9-5-6-12-13(7-9)22-17(21)15(16(19)20)14(12)10-3-2-4-11(18)8-10/h2-8,16H,1H3. The van der Waals surface area contributed by atoms with Gasteiger partial charge in [0.1, 0.15) is 11.1 Å². The van der Waals surface area contributed by atoms with E-state index in [1.165, 1.54) is 0 Å². The first-order valence-electron chi connectivity index (χ1n) is 6.59. The maximum atomic E-state index is 13.4. The van der Waals surface area contributed by atoms with Crippen molar-refractivity contribution >= 4 is 22.6 Å². The summed E-state index contributed by atoms with van der Waals surface area (Å²) in [5, 5.41) is 0.869. The molecule has 3 aromatic rings. The first-order chi connectivity index (χ1) is 10.5. The molecule has 1 aromatic heterocycles. The molecule has 0 amide bonds. The van der Waals surface area contributed by atoms with Crippen LogP contribution in [-0.2, 0) is 0 Å². The molecule has 0 aliphatic rings. The number of halogens is 3. The summed E-state index contributed by atoms with van der Waals surface area (Å²) in [5.41, 5.74) is 0.122. The van der Waals surface area contributed by atoms with E-state index in [0.717, 1.165) is 5.56 Å². The lowest BCUT2D eigenvalue weighted by Gasteiger charge is -2.12. The summed E-state index contributed by atoms with van der Waals surface area (Å²) in [7, 11) is 0. The third kappa shape index (κ3) is 2.50. The molecule has 0 saturated carbocycles. The summed E-state index contributed by atoms with van der Waals surface area (Å²) in [6.45, 7) is 1.83. The van der Waals surface area contributed by atoms with Gasteiger partial charge in [0.2, 0.25) is 0 Å². The van der Waals surface area contributed by atoms with Crippen molar-refractivity contribution in [1.82, 2.24) is 0 Å². The average Bonchev–Trinajstić information content (AvgIpc) is 2.45. The Morgan fingerprint density at radius 1 is 1.14 bits per heavy atom. The fourth-order valence-corrected chi connectivity index (χ4v) is 2.67. The van der Waals surface area contributed by atoms with E-state index in [0.29, 0.717) is 16.0 Å². The van der Waals surface area contributed by atoms with Crippen LogP contribution in [0.1, 0.15) is 17.6 Å². The normalized spacial score (nSPS) is 11.3. The summed E-state index contributed by atoms with van der Waals surface area (Å²) in [6.07, 6.45) is -2.93. The van der Waals surface area contributed by atoms with Gasteiger partial charge in [-0.15, -0.1) is 0 Å². The van der Waals surface area contributed by atoms with Gasteiger partial charge in [0.05, 0.1) is 0 Å². The molecule has 2 nitrogen and oxygen atoms in total. The molecular weight excluding hydrogens is 310 g/mol. The lowest BCUT2D eigenvalue weighted by Crippen LogP contribution is -2.10. The first-order valence-corrected chi connectivity index (χ1v) is 6.96. The van der Waals surface area contributed by atoms with Gasteiger partial charge in [0, 0.05) is 16.0 Å². The summed E-state index contributed by atoms with van der Waals surface area (Å²) >= 11 is 5.95. The van der Waals surface area contributed by atoms with Crippen LogP contribution in [0.15, 0.2) is 51.7 Å². The SMILES string of the molecule is Cc1ccc2c(-c3cccc(Cl)c3)c(C(F)F)c(=O)oc2c1. The van der Waals surface area contributed by atoms with Gasteiger partial charge in [-0.05, 0) is 36.2 Å². The summed E-state index contributed by atoms with van der Waals surface area (Å²) < 4.78 is 31.8. The van der Waals surface area contributed by atoms with Gasteiger partial charge in [0.15, 0.2) is 0 Å². The molecule has 2 aromatic carbocycles. The molecule has 1 heterocycles. The van der Waals surface area contributed by atoms with Crippen molar-refractivity contribution in [3.63, 3.8) is 0 Å². The van der Waals surface area contributed by atoms with Gasteiger partial charge in [-0.2, -0.15) is 0 Å². The van der Waals surface area contributed by atoms with E-state index in [1.807, 2.05) is 6.92 Å². The van der Waals surface area contributed by atoms with Crippen LogP contribution in [0.5, 0.6) is 0 Å². The minimum Gasteiger partial charge on any atom is -0.422 e. The smallest absolute Gasteiger partial charge is 0.345 e. The molecule has 112 valence electrons. The molecule has 0 unspecified atom stereocenters. The van der Waals surface area contributed by atoms with Crippen LogP contribution in [0.25, 0.3) is 22.1 Å². The van der Waals surface area contributed by atoms with Crippen LogP contribution in [0.2, 0.25) is 5.02 Å². The van der Waals surface area contributed by atoms with E-state index in [4.69, 9.17) is 16.0 Å². The zero-order valence-electron chi connectivity index (χ0n) is 11.6. The van der Waals surface area contributed by atoms with Crippen LogP contribution in [0.4, 0.5) is 8.78 Å². The van der Waals surface area contributed by atoms with E-state index in [1.54, 1.807) is 42.5 Å². The molecule has 22 heavy (non-hydrogen) atoms. The molecule has 5 heteroatoms. The van der Waals surface area contributed by atoms with Crippen molar-refractivity contribution < 1.29 is 13.2 Å². The van der Waals surface area contributed by atoms with Crippen molar-refractivity contribution in [2.45, 2.75) is 13.3 Å². The monoisotopic (exact) mass is 320 g/mol. The van der Waals surface area contributed by atoms with Crippen molar-refractivity contribution in [3.05, 3.63) is 69.0 Å². The Morgan fingerprint density at radius 3 is 2.59 bits per heavy atom. The van der Waals surface area contributed by atoms with Crippen molar-refractivity contribution in [3.8, 4) is 11.1 Å². The molecule has 0 bridgehead atoms. The summed E-state index contributed by atoms with van der Waals surface area (Å²) in [4.78, 5) is 12.0. The van der Waals surface area contributed by atoms with Gasteiger partial charge in [-0.1, -0.05) is 35.9 Å². The topological polar surface area (TPSA) is 30.2 Å². The number of aryl methyl sites for hydroxylation is 1. The highest BCUT2D eigenvalue weighted by Gasteiger charge is 2.23. The molecule has 3 rings (SSSR count). The third-order valence-electron chi connectivity index (χ3n) is 3.43. The van der Waals surface area contributed by atoms with Gasteiger partial charge in [-0.3, -0.25) is 0 Å². The van der Waals surface area contributed by atoms with Crippen LogP contribution >= 0.6 is 11.6 Å². The van der Waals surface area contributed by atoms with Gasteiger partial charge in [-0.25, -0.2) is 13.6 Å². The van der Waals surface area contributed by atoms with Crippen LogP contribution in [-0.4, -0.2) is 0 Å². The van der Waals surface area contributed by atoms with E-state index in [9.17, 15) is 13.6 Å². The predicted octanol–water partition coefficient (Wildman–Crippen LogP) is 5.36. The Morgan fingerprint density at radius 2 is 1.91 bits per heavy atom. The maximum Gasteiger partial charge on any atom is 0.345 e. The van der Waals surface area contributed by atoms with Crippen LogP contribution < -0.4 is 5.63 Å². The Hall–Kier alpha value is -2.20. The number of hydrogen-bond acceptors (Lipinski definition) is 2. The summed E-state index contributed by atoms with van der Waals surface area (Å²) in [5.74, 6) is 0. The second-order valence-corrected chi connectivity index (χ2v) is 5.43. The molecule has 0 saturated heterocycles. The Kier molecular flexibility index (Phi) is 3.71. The van der Waals surface area contributed by atoms with E-state index in [2.05, 4.69) is 0 Å². The lowest BCUT2D eigenvalue weighted by molar-refractivity contribution is 0.147. The molecule has 0 radical (unpaired) electrons. The number of alkyl halides is 2. The molecular formula is C17H11ClF2O2. The fraction of sp³-hybridized carbons (Fsp3) is 0.118. The molecule has 0 fully saturated rings. The molecule has 0 aliphatic heterocycles. The fourth-order valence-electron chi connectivity index (χ4n) is 2.48. The molecule has 0 N–H and O–H groups in total. The zero-order chi connectivity index (χ0) is 15.9. The van der Waals surface area contributed by atoms with Gasteiger partial charge >= 0.3 is 5.63 Å². The van der Waals surface area contributed by atoms with Gasteiger partial charge in [0.25, 0.3) is 6.43 Å². The second kappa shape index (κ2) is 5.54. The quantitative estimate of drug-likeness (QED) is 0.595. The first kappa shape index (κ1) is 14.7. The van der Waals surface area contributed by atoms with Crippen molar-refractivity contribution in [2.24, 2.45) is 0 Å². The van der Waals surface area contributed by atoms with Crippen molar-refractivity contribution in [2.75, 3.05) is 0 Å². The minimum absolute atomic E-state index is 0.170. The number of benzene rings is 2. The van der Waals surface area contributed by atoms with Crippen LogP contribution in [0, 0.1) is 6.92 Å². The van der Waals surface area contributed by atoms with Gasteiger partial charge < -0.3 is 4.42 Å². The highest BCUT2D eigenvalue weighted by Crippen LogP contribution is 2.36. The Labute approximate surface area is 130 Å². The number of hydrogen-bond donors (Lipinski definition) is 0. The second-order valence-electron chi connectivity index (χ2n) is 4.99. The van der Waals surface area contributed by atoms with E-state index >= 15 is 0 Å². The number of fused-ring (bicyclic) bond motifs is 1.